The zero-order valence-corrected chi connectivity index (χ0v) is 14.9. The Hall–Kier alpha value is -2.01. The highest BCUT2D eigenvalue weighted by Crippen LogP contribution is 2.36. The lowest BCUT2D eigenvalue weighted by molar-refractivity contribution is 0.317. The summed E-state index contributed by atoms with van der Waals surface area (Å²) in [5.74, 6) is 1.97. The summed E-state index contributed by atoms with van der Waals surface area (Å²) in [4.78, 5) is 6.89. The summed E-state index contributed by atoms with van der Waals surface area (Å²) in [6.45, 7) is 9.20. The van der Waals surface area contributed by atoms with Gasteiger partial charge in [0.1, 0.15) is 11.6 Å². The molecular formula is C18H23N3OS. The fourth-order valence-corrected chi connectivity index (χ4v) is 3.75. The van der Waals surface area contributed by atoms with Crippen molar-refractivity contribution < 1.29 is 4.74 Å². The van der Waals surface area contributed by atoms with E-state index in [1.165, 1.54) is 4.88 Å². The molecule has 23 heavy (non-hydrogen) atoms. The average molecular weight is 329 g/mol. The largest absolute Gasteiger partial charge is 0.494 e. The zero-order chi connectivity index (χ0) is 16.6. The zero-order valence-electron chi connectivity index (χ0n) is 14.1. The molecule has 0 unspecified atom stereocenters. The van der Waals surface area contributed by atoms with E-state index in [0.29, 0.717) is 5.92 Å². The van der Waals surface area contributed by atoms with E-state index in [1.807, 2.05) is 12.1 Å². The van der Waals surface area contributed by atoms with Crippen LogP contribution in [0.2, 0.25) is 0 Å². The molecule has 0 bridgehead atoms. The van der Waals surface area contributed by atoms with Crippen molar-refractivity contribution in [1.82, 2.24) is 9.38 Å². The maximum atomic E-state index is 6.37. The number of benzene rings is 1. The molecule has 5 heteroatoms. The molecule has 2 heterocycles. The van der Waals surface area contributed by atoms with Crippen LogP contribution in [0, 0.1) is 6.92 Å². The molecular weight excluding hydrogens is 306 g/mol. The maximum absolute atomic E-state index is 6.37. The quantitative estimate of drug-likeness (QED) is 0.727. The third-order valence-corrected chi connectivity index (χ3v) is 4.82. The van der Waals surface area contributed by atoms with Gasteiger partial charge in [-0.1, -0.05) is 20.8 Å². The number of ether oxygens (including phenoxy) is 1. The minimum Gasteiger partial charge on any atom is -0.494 e. The van der Waals surface area contributed by atoms with Crippen molar-refractivity contribution in [3.05, 3.63) is 34.8 Å². The van der Waals surface area contributed by atoms with Gasteiger partial charge in [0.15, 0.2) is 4.96 Å². The number of hydrogen-bond donors (Lipinski definition) is 1. The molecule has 1 aromatic carbocycles. The standard InChI is InChI=1S/C18H23N3OS/c1-5-10-22-14-8-6-13(7-9-14)16-12(4)23-18-20-15(11(2)3)17(19)21(16)18/h6-9,11H,5,10,19H2,1-4H3. The summed E-state index contributed by atoms with van der Waals surface area (Å²) >= 11 is 1.68. The molecule has 4 nitrogen and oxygen atoms in total. The van der Waals surface area contributed by atoms with Crippen molar-refractivity contribution in [2.24, 2.45) is 0 Å². The Labute approximate surface area is 140 Å². The number of aryl methyl sites for hydroxylation is 1. The van der Waals surface area contributed by atoms with E-state index in [1.54, 1.807) is 11.3 Å². The first-order valence-electron chi connectivity index (χ1n) is 8.03. The summed E-state index contributed by atoms with van der Waals surface area (Å²) < 4.78 is 7.74. The fraction of sp³-hybridized carbons (Fsp3) is 0.389. The monoisotopic (exact) mass is 329 g/mol. The van der Waals surface area contributed by atoms with Crippen LogP contribution in [0.15, 0.2) is 24.3 Å². The molecule has 0 aliphatic heterocycles. The SMILES string of the molecule is CCCOc1ccc(-c2c(C)sc3nc(C(C)C)c(N)n23)cc1. The summed E-state index contributed by atoms with van der Waals surface area (Å²) in [6, 6.07) is 8.22. The minimum atomic E-state index is 0.320. The van der Waals surface area contributed by atoms with Crippen molar-refractivity contribution in [3.8, 4) is 17.0 Å². The third-order valence-electron chi connectivity index (χ3n) is 3.86. The Balaban J connectivity index is 2.06. The lowest BCUT2D eigenvalue weighted by atomic mass is 10.1. The molecule has 3 aromatic rings. The Morgan fingerprint density at radius 1 is 1.26 bits per heavy atom. The molecule has 2 aromatic heterocycles. The van der Waals surface area contributed by atoms with E-state index in [-0.39, 0.29) is 0 Å². The number of fused-ring (bicyclic) bond motifs is 1. The van der Waals surface area contributed by atoms with Gasteiger partial charge >= 0.3 is 0 Å². The van der Waals surface area contributed by atoms with E-state index >= 15 is 0 Å². The predicted octanol–water partition coefficient (Wildman–Crippen LogP) is 4.87. The number of aromatic nitrogens is 2. The second-order valence-corrected chi connectivity index (χ2v) is 7.22. The minimum absolute atomic E-state index is 0.320. The van der Waals surface area contributed by atoms with E-state index in [0.717, 1.165) is 46.5 Å². The number of nitrogens with zero attached hydrogens (tertiary/aromatic N) is 2. The van der Waals surface area contributed by atoms with Crippen LogP contribution >= 0.6 is 11.3 Å². The summed E-state index contributed by atoms with van der Waals surface area (Å²) in [5, 5.41) is 0. The highest BCUT2D eigenvalue weighted by atomic mass is 32.1. The van der Waals surface area contributed by atoms with Gasteiger partial charge < -0.3 is 10.5 Å². The lowest BCUT2D eigenvalue weighted by Gasteiger charge is -2.08. The molecule has 122 valence electrons. The first-order chi connectivity index (χ1) is 11.0. The van der Waals surface area contributed by atoms with Crippen molar-refractivity contribution in [2.45, 2.75) is 40.0 Å². The Bertz CT molecular complexity index is 815. The topological polar surface area (TPSA) is 52.5 Å². The molecule has 0 spiro atoms. The Morgan fingerprint density at radius 3 is 2.57 bits per heavy atom. The normalized spacial score (nSPS) is 11.5. The van der Waals surface area contributed by atoms with E-state index < -0.39 is 0 Å². The molecule has 0 saturated heterocycles. The number of nitrogen functional groups attached to an aromatic ring is 1. The molecule has 0 atom stereocenters. The van der Waals surface area contributed by atoms with Crippen LogP contribution in [0.25, 0.3) is 16.2 Å². The van der Waals surface area contributed by atoms with Gasteiger partial charge in [-0.3, -0.25) is 4.40 Å². The molecule has 0 radical (unpaired) electrons. The van der Waals surface area contributed by atoms with Gasteiger partial charge in [0.2, 0.25) is 0 Å². The molecule has 2 N–H and O–H groups in total. The lowest BCUT2D eigenvalue weighted by Crippen LogP contribution is -1.99. The van der Waals surface area contributed by atoms with Crippen molar-refractivity contribution in [3.63, 3.8) is 0 Å². The van der Waals surface area contributed by atoms with Crippen LogP contribution in [-0.4, -0.2) is 16.0 Å². The van der Waals surface area contributed by atoms with Gasteiger partial charge in [-0.2, -0.15) is 0 Å². The molecule has 0 amide bonds. The number of hydrogen-bond acceptors (Lipinski definition) is 4. The number of rotatable bonds is 5. The molecule has 0 aliphatic rings. The summed E-state index contributed by atoms with van der Waals surface area (Å²) in [5.41, 5.74) is 9.61. The smallest absolute Gasteiger partial charge is 0.196 e. The molecule has 0 fully saturated rings. The number of anilines is 1. The second kappa shape index (κ2) is 6.24. The van der Waals surface area contributed by atoms with Gasteiger partial charge in [-0.25, -0.2) is 4.98 Å². The van der Waals surface area contributed by atoms with E-state index in [9.17, 15) is 0 Å². The van der Waals surface area contributed by atoms with Crippen molar-refractivity contribution in [2.75, 3.05) is 12.3 Å². The van der Waals surface area contributed by atoms with Crippen LogP contribution in [0.5, 0.6) is 5.75 Å². The van der Waals surface area contributed by atoms with Crippen LogP contribution in [0.4, 0.5) is 5.82 Å². The average Bonchev–Trinajstić information content (AvgIpc) is 3.01. The van der Waals surface area contributed by atoms with Gasteiger partial charge in [0.25, 0.3) is 0 Å². The molecule has 0 saturated carbocycles. The highest BCUT2D eigenvalue weighted by Gasteiger charge is 2.19. The highest BCUT2D eigenvalue weighted by molar-refractivity contribution is 7.17. The van der Waals surface area contributed by atoms with Crippen molar-refractivity contribution in [1.29, 1.82) is 0 Å². The van der Waals surface area contributed by atoms with E-state index in [4.69, 9.17) is 15.5 Å². The summed E-state index contributed by atoms with van der Waals surface area (Å²) in [7, 11) is 0. The van der Waals surface area contributed by atoms with Crippen LogP contribution in [0.1, 0.15) is 43.7 Å². The van der Waals surface area contributed by atoms with Gasteiger partial charge in [0, 0.05) is 10.4 Å². The molecule has 3 rings (SSSR count). The third kappa shape index (κ3) is 2.81. The predicted molar refractivity (Wildman–Crippen MR) is 97.5 cm³/mol. The molecule has 0 aliphatic carbocycles. The number of nitrogens with two attached hydrogens (primary N) is 1. The Kier molecular flexibility index (Phi) is 4.31. The van der Waals surface area contributed by atoms with E-state index in [2.05, 4.69) is 44.2 Å². The first kappa shape index (κ1) is 15.9. The first-order valence-corrected chi connectivity index (χ1v) is 8.85. The van der Waals surface area contributed by atoms with Crippen molar-refractivity contribution >= 4 is 22.1 Å². The Morgan fingerprint density at radius 2 is 1.96 bits per heavy atom. The van der Waals surface area contributed by atoms with Crippen LogP contribution in [0.3, 0.4) is 0 Å². The number of imidazole rings is 1. The van der Waals surface area contributed by atoms with Gasteiger partial charge in [-0.05, 0) is 43.5 Å². The van der Waals surface area contributed by atoms with Gasteiger partial charge in [-0.15, -0.1) is 11.3 Å². The second-order valence-electron chi connectivity index (χ2n) is 6.03. The summed E-state index contributed by atoms with van der Waals surface area (Å²) in [6.07, 6.45) is 1.01. The number of thiazole rings is 1. The maximum Gasteiger partial charge on any atom is 0.196 e. The van der Waals surface area contributed by atoms with Crippen LogP contribution in [-0.2, 0) is 0 Å². The van der Waals surface area contributed by atoms with Crippen LogP contribution < -0.4 is 10.5 Å². The van der Waals surface area contributed by atoms with Gasteiger partial charge in [0.05, 0.1) is 18.0 Å². The fourth-order valence-electron chi connectivity index (χ4n) is 2.74.